The van der Waals surface area contributed by atoms with E-state index in [1.165, 1.54) is 0 Å². The van der Waals surface area contributed by atoms with Crippen LogP contribution in [0.1, 0.15) is 48.5 Å². The average molecular weight is 303 g/mol. The molecule has 0 aliphatic carbocycles. The van der Waals surface area contributed by atoms with Gasteiger partial charge in [0.15, 0.2) is 0 Å². The number of nitrogens with zero attached hydrogens (tertiary/aromatic N) is 1. The van der Waals surface area contributed by atoms with Gasteiger partial charge in [0.2, 0.25) is 0 Å². The number of hydrogen-bond donors (Lipinski definition) is 1. The molecule has 1 saturated heterocycles. The fraction of sp³-hybridized carbons (Fsp3) is 0.938. The van der Waals surface area contributed by atoms with Crippen molar-refractivity contribution in [3.63, 3.8) is 0 Å². The Kier molecular flexibility index (Phi) is 7.68. The maximum atomic E-state index is 11.9. The molecule has 0 radical (unpaired) electrons. The highest BCUT2D eigenvalue weighted by atomic mass is 16.6. The van der Waals surface area contributed by atoms with Gasteiger partial charge >= 0.3 is 6.09 Å². The van der Waals surface area contributed by atoms with E-state index < -0.39 is 5.60 Å². The Labute approximate surface area is 130 Å². The molecular weight excluding hydrogens is 268 g/mol. The fourth-order valence-corrected chi connectivity index (χ4v) is 2.52. The van der Waals surface area contributed by atoms with Crippen molar-refractivity contribution in [1.29, 1.82) is 0 Å². The van der Waals surface area contributed by atoms with Crippen LogP contribution >= 0.6 is 0 Å². The summed E-state index contributed by atoms with van der Waals surface area (Å²) in [5.74, 6) is 0. The van der Waals surface area contributed by atoms with Gasteiger partial charge in [-0.25, -0.2) is 4.79 Å². The summed E-state index contributed by atoms with van der Waals surface area (Å²) in [5.41, 5.74) is -0.758. The van der Waals surface area contributed by atoms with Crippen LogP contribution in [0.25, 0.3) is 0 Å². The first-order valence-electron chi connectivity index (χ1n) is 7.94. The van der Waals surface area contributed by atoms with E-state index >= 15 is 0 Å². The van der Waals surface area contributed by atoms with Gasteiger partial charge in [-0.1, -0.05) is 13.8 Å². The topological polar surface area (TPSA) is 47.6 Å². The Hall–Kier alpha value is -0.810. The number of amides is 1. The van der Waals surface area contributed by atoms with Crippen molar-refractivity contribution in [2.75, 3.05) is 39.9 Å². The molecule has 0 spiro atoms. The van der Waals surface area contributed by atoms with E-state index in [-0.39, 0.29) is 11.6 Å². The highest BCUT2D eigenvalue weighted by Crippen LogP contribution is 2.16. The van der Waals surface area contributed by atoms with Crippen LogP contribution in [0.4, 0.5) is 4.79 Å². The van der Waals surface area contributed by atoms with Gasteiger partial charge in [0.25, 0.3) is 0 Å². The van der Waals surface area contributed by atoms with Crippen molar-refractivity contribution >= 4 is 6.09 Å². The molecule has 0 aromatic carbocycles. The molecule has 0 unspecified atom stereocenters. The zero-order chi connectivity index (χ0) is 16.7. The number of carbonyl (C=O) groups excluding carboxylic acids is 1. The summed E-state index contributed by atoms with van der Waals surface area (Å²) >= 11 is 0. The highest BCUT2D eigenvalue weighted by Gasteiger charge is 2.35. The fourth-order valence-electron chi connectivity index (χ4n) is 2.52. The lowest BCUT2D eigenvalue weighted by Crippen LogP contribution is -2.62. The van der Waals surface area contributed by atoms with Gasteiger partial charge in [-0.3, -0.25) is 0 Å². The zero-order valence-corrected chi connectivity index (χ0v) is 15.2. The Morgan fingerprint density at radius 1 is 1.14 bits per heavy atom. The van der Waals surface area contributed by atoms with Gasteiger partial charge in [-0.2, -0.15) is 0 Å². The molecule has 5 heteroatoms. The molecular formula is C16H35N2O3+. The van der Waals surface area contributed by atoms with Crippen molar-refractivity contribution < 1.29 is 18.8 Å². The second-order valence-corrected chi connectivity index (χ2v) is 7.35. The minimum Gasteiger partial charge on any atom is -0.444 e. The van der Waals surface area contributed by atoms with E-state index in [9.17, 15) is 4.79 Å². The van der Waals surface area contributed by atoms with Gasteiger partial charge in [0, 0.05) is 0 Å². The third-order valence-corrected chi connectivity index (χ3v) is 3.17. The molecule has 1 amide bonds. The summed E-state index contributed by atoms with van der Waals surface area (Å²) in [5, 5.41) is 2.97. The van der Waals surface area contributed by atoms with Gasteiger partial charge < -0.3 is 19.3 Å². The molecule has 1 rings (SSSR count). The third kappa shape index (κ3) is 8.94. The Morgan fingerprint density at radius 2 is 1.62 bits per heavy atom. The number of quaternary nitrogens is 1. The van der Waals surface area contributed by atoms with Crippen LogP contribution in [-0.2, 0) is 9.47 Å². The second kappa shape index (κ2) is 7.99. The predicted octanol–water partition coefficient (Wildman–Crippen LogP) is 2.79. The Bertz CT molecular complexity index is 316. The minimum absolute atomic E-state index is 0.297. The molecule has 1 aliphatic heterocycles. The average Bonchev–Trinajstić information content (AvgIpc) is 2.27. The Balaban J connectivity index is 0.00000191. The largest absolute Gasteiger partial charge is 0.444 e. The third-order valence-electron chi connectivity index (χ3n) is 3.17. The molecule has 21 heavy (non-hydrogen) atoms. The summed E-state index contributed by atoms with van der Waals surface area (Å²) in [4.78, 5) is 11.9. The molecule has 1 heterocycles. The van der Waals surface area contributed by atoms with Crippen LogP contribution in [0, 0.1) is 0 Å². The van der Waals surface area contributed by atoms with E-state index in [4.69, 9.17) is 9.47 Å². The van der Waals surface area contributed by atoms with E-state index in [1.807, 2.05) is 48.5 Å². The zero-order valence-electron chi connectivity index (χ0n) is 15.2. The molecule has 0 aromatic heterocycles. The first-order chi connectivity index (χ1) is 9.52. The summed E-state index contributed by atoms with van der Waals surface area (Å²) < 4.78 is 11.6. The quantitative estimate of drug-likeness (QED) is 0.816. The van der Waals surface area contributed by atoms with Crippen molar-refractivity contribution in [1.82, 2.24) is 5.32 Å². The van der Waals surface area contributed by atoms with E-state index in [1.54, 1.807) is 0 Å². The van der Waals surface area contributed by atoms with Crippen LogP contribution in [0.15, 0.2) is 0 Å². The molecule has 0 aromatic rings. The van der Waals surface area contributed by atoms with Crippen LogP contribution in [0.5, 0.6) is 0 Å². The molecule has 0 atom stereocenters. The van der Waals surface area contributed by atoms with Gasteiger partial charge in [-0.05, 0) is 34.6 Å². The van der Waals surface area contributed by atoms with Crippen molar-refractivity contribution in [2.45, 2.75) is 59.6 Å². The maximum absolute atomic E-state index is 11.9. The number of nitrogens with one attached hydrogen (secondary N) is 1. The number of ether oxygens (including phenoxy) is 2. The first kappa shape index (κ1) is 20.2. The van der Waals surface area contributed by atoms with Crippen molar-refractivity contribution in [3.05, 3.63) is 0 Å². The van der Waals surface area contributed by atoms with Crippen molar-refractivity contribution in [3.8, 4) is 0 Å². The van der Waals surface area contributed by atoms with Crippen LogP contribution in [0.3, 0.4) is 0 Å². The number of likely N-dealkylation sites (N-methyl/N-ethyl adjacent to an activating group) is 1. The van der Waals surface area contributed by atoms with E-state index in [2.05, 4.69) is 12.4 Å². The molecule has 0 bridgehead atoms. The van der Waals surface area contributed by atoms with Crippen LogP contribution < -0.4 is 5.32 Å². The van der Waals surface area contributed by atoms with Crippen molar-refractivity contribution in [2.24, 2.45) is 0 Å². The lowest BCUT2D eigenvalue weighted by atomic mass is 10.0. The predicted molar refractivity (Wildman–Crippen MR) is 86.4 cm³/mol. The standard InChI is InChI=1S/C14H28N2O3.C2H6/c1-13(2,3)19-12(17)15-14(4,5)11-16(6)7-9-18-10-8-16;1-2/h7-11H2,1-6H3;1-2H3/p+1. The summed E-state index contributed by atoms with van der Waals surface area (Å²) in [6.07, 6.45) is -0.350. The van der Waals surface area contributed by atoms with Gasteiger partial charge in [0.05, 0.1) is 25.8 Å². The first-order valence-corrected chi connectivity index (χ1v) is 7.94. The number of carbonyl (C=O) groups is 1. The van der Waals surface area contributed by atoms with Gasteiger partial charge in [0.1, 0.15) is 25.2 Å². The van der Waals surface area contributed by atoms with Gasteiger partial charge in [-0.15, -0.1) is 0 Å². The lowest BCUT2D eigenvalue weighted by Gasteiger charge is -2.42. The van der Waals surface area contributed by atoms with Crippen LogP contribution in [0.2, 0.25) is 0 Å². The summed E-state index contributed by atoms with van der Waals surface area (Å²) in [7, 11) is 2.21. The maximum Gasteiger partial charge on any atom is 0.408 e. The lowest BCUT2D eigenvalue weighted by molar-refractivity contribution is -0.920. The smallest absolute Gasteiger partial charge is 0.408 e. The number of rotatable bonds is 3. The minimum atomic E-state index is -0.461. The number of alkyl carbamates (subject to hydrolysis) is 1. The number of hydrogen-bond acceptors (Lipinski definition) is 3. The van der Waals surface area contributed by atoms with E-state index in [0.717, 1.165) is 37.3 Å². The normalized spacial score (nSPS) is 18.3. The van der Waals surface area contributed by atoms with Crippen LogP contribution in [-0.4, -0.2) is 61.6 Å². The summed E-state index contributed by atoms with van der Waals surface area (Å²) in [6, 6.07) is 0. The second-order valence-electron chi connectivity index (χ2n) is 7.35. The molecule has 1 N–H and O–H groups in total. The molecule has 5 nitrogen and oxygen atoms in total. The molecule has 126 valence electrons. The van der Waals surface area contributed by atoms with E-state index in [0.29, 0.717) is 0 Å². The molecule has 0 saturated carbocycles. The molecule has 1 aliphatic rings. The SMILES string of the molecule is CC.CC(C)(C[N+]1(C)CCOCC1)NC(=O)OC(C)(C)C. The summed E-state index contributed by atoms with van der Waals surface area (Å²) in [6.45, 7) is 18.1. The number of morpholine rings is 1. The Morgan fingerprint density at radius 3 is 2.05 bits per heavy atom. The highest BCUT2D eigenvalue weighted by molar-refractivity contribution is 5.68. The monoisotopic (exact) mass is 303 g/mol. The molecule has 1 fully saturated rings.